The smallest absolute Gasteiger partial charge is 0.306 e. The van der Waals surface area contributed by atoms with E-state index >= 15 is 0 Å². The Kier molecular flexibility index (Phi) is 47.0. The zero-order valence-electron chi connectivity index (χ0n) is 44.8. The van der Waals surface area contributed by atoms with Gasteiger partial charge in [0.1, 0.15) is 0 Å². The number of nitrogens with one attached hydrogen (secondary N) is 1. The molecule has 0 unspecified atom stereocenters. The van der Waals surface area contributed by atoms with Gasteiger partial charge in [0.15, 0.2) is 0 Å². The quantitative estimate of drug-likeness (QED) is 0.0486. The molecule has 65 heavy (non-hydrogen) atoms. The van der Waals surface area contributed by atoms with Crippen molar-refractivity contribution in [1.29, 1.82) is 0 Å². The van der Waals surface area contributed by atoms with E-state index in [4.69, 9.17) is 9.47 Å². The average molecular weight is 917 g/mol. The minimum Gasteiger partial charge on any atom is -0.466 e. The molecule has 0 saturated heterocycles. The highest BCUT2D eigenvalue weighted by Crippen LogP contribution is 2.31. The highest BCUT2D eigenvalue weighted by molar-refractivity contribution is 5.70. The molecule has 0 radical (unpaired) electrons. The van der Waals surface area contributed by atoms with Crippen LogP contribution < -0.4 is 5.32 Å². The third kappa shape index (κ3) is 42.7. The van der Waals surface area contributed by atoms with Crippen LogP contribution >= 0.6 is 0 Å². The molecule has 1 fully saturated rings. The lowest BCUT2D eigenvalue weighted by atomic mass is 9.78. The van der Waals surface area contributed by atoms with Gasteiger partial charge in [-0.1, -0.05) is 278 Å². The van der Waals surface area contributed by atoms with Crippen molar-refractivity contribution in [1.82, 2.24) is 5.32 Å². The van der Waals surface area contributed by atoms with Crippen LogP contribution in [0.15, 0.2) is 0 Å². The molecule has 1 aliphatic carbocycles. The average Bonchev–Trinajstić information content (AvgIpc) is 3.29. The van der Waals surface area contributed by atoms with Crippen LogP contribution in [-0.2, 0) is 19.1 Å². The molecular weight excluding hydrogens is 799 g/mol. The first kappa shape index (κ1) is 61.9. The molecule has 0 amide bonds. The first-order valence-electron chi connectivity index (χ1n) is 30.1. The molecule has 0 aromatic carbocycles. The minimum atomic E-state index is 0.0142. The van der Waals surface area contributed by atoms with Gasteiger partial charge in [0.05, 0.1) is 13.2 Å². The van der Waals surface area contributed by atoms with Crippen molar-refractivity contribution in [2.75, 3.05) is 19.8 Å². The maximum absolute atomic E-state index is 12.7. The number of esters is 2. The van der Waals surface area contributed by atoms with E-state index in [-0.39, 0.29) is 11.9 Å². The summed E-state index contributed by atoms with van der Waals surface area (Å²) in [7, 11) is 0. The van der Waals surface area contributed by atoms with Crippen molar-refractivity contribution in [3.05, 3.63) is 0 Å². The maximum atomic E-state index is 12.7. The molecule has 1 N–H and O–H groups in total. The van der Waals surface area contributed by atoms with Gasteiger partial charge in [-0.15, -0.1) is 0 Å². The summed E-state index contributed by atoms with van der Waals surface area (Å²) in [5.74, 6) is 1.96. The Bertz CT molecular complexity index is 940. The van der Waals surface area contributed by atoms with E-state index in [2.05, 4.69) is 33.0 Å². The Balaban J connectivity index is 2.14. The van der Waals surface area contributed by atoms with E-state index in [0.29, 0.717) is 43.9 Å². The van der Waals surface area contributed by atoms with Gasteiger partial charge in [-0.2, -0.15) is 0 Å². The Labute approximate surface area is 407 Å². The SMILES string of the molecule is CCCCCCCCCCC(CCCCCCCCCC)CCOC(=O)CCCCCCCNC1CC(CC(=O)OCCC(CCCCCCCCCC)CCCCCCCCCC)C1. The largest absolute Gasteiger partial charge is 0.466 e. The van der Waals surface area contributed by atoms with Crippen molar-refractivity contribution in [3.8, 4) is 0 Å². The van der Waals surface area contributed by atoms with Crippen LogP contribution in [0.2, 0.25) is 0 Å². The summed E-state index contributed by atoms with van der Waals surface area (Å²) < 4.78 is 11.6. The van der Waals surface area contributed by atoms with Crippen LogP contribution in [0.3, 0.4) is 0 Å². The fourth-order valence-electron chi connectivity index (χ4n) is 10.5. The summed E-state index contributed by atoms with van der Waals surface area (Å²) in [6.45, 7) is 11.5. The predicted molar refractivity (Wildman–Crippen MR) is 284 cm³/mol. The molecule has 0 aliphatic heterocycles. The molecule has 5 heteroatoms. The van der Waals surface area contributed by atoms with Crippen molar-refractivity contribution in [3.63, 3.8) is 0 Å². The van der Waals surface area contributed by atoms with Gasteiger partial charge in [-0.05, 0) is 62.8 Å². The molecule has 0 aromatic heterocycles. The van der Waals surface area contributed by atoms with E-state index in [1.807, 2.05) is 0 Å². The molecule has 1 rings (SSSR count). The van der Waals surface area contributed by atoms with E-state index in [1.165, 1.54) is 250 Å². The summed E-state index contributed by atoms with van der Waals surface area (Å²) in [6, 6.07) is 0.561. The Morgan fingerprint density at radius 2 is 0.692 bits per heavy atom. The third-order valence-electron chi connectivity index (χ3n) is 15.1. The van der Waals surface area contributed by atoms with Crippen LogP contribution in [-0.4, -0.2) is 37.7 Å². The number of rotatable bonds is 53. The van der Waals surface area contributed by atoms with E-state index < -0.39 is 0 Å². The second kappa shape index (κ2) is 49.3. The Morgan fingerprint density at radius 3 is 1.06 bits per heavy atom. The van der Waals surface area contributed by atoms with Gasteiger partial charge in [-0.3, -0.25) is 9.59 Å². The summed E-state index contributed by atoms with van der Waals surface area (Å²) in [5, 5.41) is 3.73. The number of hydrogen-bond donors (Lipinski definition) is 1. The molecule has 0 atom stereocenters. The van der Waals surface area contributed by atoms with E-state index in [9.17, 15) is 9.59 Å². The molecule has 0 spiro atoms. The van der Waals surface area contributed by atoms with Crippen molar-refractivity contribution in [2.24, 2.45) is 17.8 Å². The highest BCUT2D eigenvalue weighted by Gasteiger charge is 2.30. The Hall–Kier alpha value is -1.10. The van der Waals surface area contributed by atoms with Gasteiger partial charge >= 0.3 is 11.9 Å². The summed E-state index contributed by atoms with van der Waals surface area (Å²) in [4.78, 5) is 25.3. The summed E-state index contributed by atoms with van der Waals surface area (Å²) in [6.07, 6.45) is 60.5. The van der Waals surface area contributed by atoms with Crippen LogP contribution in [0.4, 0.5) is 0 Å². The second-order valence-corrected chi connectivity index (χ2v) is 21.5. The number of ether oxygens (including phenoxy) is 2. The zero-order valence-corrected chi connectivity index (χ0v) is 44.8. The molecular formula is C60H117NO4. The fraction of sp³-hybridized carbons (Fsp3) is 0.967. The first-order valence-corrected chi connectivity index (χ1v) is 30.1. The normalized spacial score (nSPS) is 15.0. The van der Waals surface area contributed by atoms with Gasteiger partial charge < -0.3 is 14.8 Å². The Morgan fingerprint density at radius 1 is 0.385 bits per heavy atom. The van der Waals surface area contributed by atoms with Gasteiger partial charge in [-0.25, -0.2) is 0 Å². The molecule has 0 heterocycles. The topological polar surface area (TPSA) is 64.6 Å². The molecule has 0 bridgehead atoms. The van der Waals surface area contributed by atoms with Crippen molar-refractivity contribution >= 4 is 11.9 Å². The lowest BCUT2D eigenvalue weighted by Gasteiger charge is -2.35. The van der Waals surface area contributed by atoms with Crippen molar-refractivity contribution in [2.45, 2.75) is 336 Å². The van der Waals surface area contributed by atoms with Crippen LogP contribution in [0, 0.1) is 17.8 Å². The molecule has 386 valence electrons. The lowest BCUT2D eigenvalue weighted by Crippen LogP contribution is -2.42. The molecule has 0 aromatic rings. The second-order valence-electron chi connectivity index (χ2n) is 21.5. The molecule has 5 nitrogen and oxygen atoms in total. The van der Waals surface area contributed by atoms with E-state index in [1.54, 1.807) is 0 Å². The molecule has 1 aliphatic rings. The van der Waals surface area contributed by atoms with Crippen LogP contribution in [0.25, 0.3) is 0 Å². The number of carbonyl (C=O) groups excluding carboxylic acids is 2. The highest BCUT2D eigenvalue weighted by atomic mass is 16.5. The first-order chi connectivity index (χ1) is 32.0. The minimum absolute atomic E-state index is 0.0142. The summed E-state index contributed by atoms with van der Waals surface area (Å²) in [5.41, 5.74) is 0. The van der Waals surface area contributed by atoms with E-state index in [0.717, 1.165) is 51.0 Å². The van der Waals surface area contributed by atoms with Gasteiger partial charge in [0.2, 0.25) is 0 Å². The van der Waals surface area contributed by atoms with Crippen LogP contribution in [0.5, 0.6) is 0 Å². The standard InChI is InChI=1S/C60H117NO4/c1-5-9-13-17-21-25-30-36-42-55(43-37-31-26-22-18-14-10-6-2)47-50-64-59(62)46-40-34-29-35-41-49-61-58-52-57(53-58)54-60(63)65-51-48-56(44-38-32-27-23-19-15-11-7-3)45-39-33-28-24-20-16-12-8-4/h55-58,61H,5-54H2,1-4H3. The fourth-order valence-corrected chi connectivity index (χ4v) is 10.5. The monoisotopic (exact) mass is 916 g/mol. The summed E-state index contributed by atoms with van der Waals surface area (Å²) >= 11 is 0. The van der Waals surface area contributed by atoms with Gasteiger partial charge in [0, 0.05) is 18.9 Å². The number of carbonyl (C=O) groups is 2. The van der Waals surface area contributed by atoms with Crippen LogP contribution in [0.1, 0.15) is 329 Å². The van der Waals surface area contributed by atoms with Crippen molar-refractivity contribution < 1.29 is 19.1 Å². The maximum Gasteiger partial charge on any atom is 0.306 e. The number of unbranched alkanes of at least 4 members (excludes halogenated alkanes) is 32. The molecule has 1 saturated carbocycles. The lowest BCUT2D eigenvalue weighted by molar-refractivity contribution is -0.146. The number of hydrogen-bond acceptors (Lipinski definition) is 5. The zero-order chi connectivity index (χ0) is 46.9. The third-order valence-corrected chi connectivity index (χ3v) is 15.1. The predicted octanol–water partition coefficient (Wildman–Crippen LogP) is 19.3. The van der Waals surface area contributed by atoms with Gasteiger partial charge in [0.25, 0.3) is 0 Å².